The van der Waals surface area contributed by atoms with E-state index in [1.165, 1.54) is 12.1 Å². The molecule has 0 radical (unpaired) electrons. The summed E-state index contributed by atoms with van der Waals surface area (Å²) in [4.78, 5) is 11.8. The third-order valence-electron chi connectivity index (χ3n) is 2.84. The third kappa shape index (κ3) is 2.92. The van der Waals surface area contributed by atoms with Crippen LogP contribution in [0, 0.1) is 5.92 Å². The van der Waals surface area contributed by atoms with Crippen molar-refractivity contribution in [1.29, 1.82) is 0 Å². The molecule has 4 nitrogen and oxygen atoms in total. The van der Waals surface area contributed by atoms with Gasteiger partial charge in [0.25, 0.3) is 0 Å². The molecule has 0 spiro atoms. The molecule has 2 rings (SSSR count). The average Bonchev–Trinajstić information content (AvgIpc) is 2.32. The van der Waals surface area contributed by atoms with Crippen LogP contribution in [0.15, 0.2) is 17.0 Å². The van der Waals surface area contributed by atoms with Gasteiger partial charge < -0.3 is 4.74 Å². The summed E-state index contributed by atoms with van der Waals surface area (Å²) in [5, 5.41) is 0.268. The Kier molecular flexibility index (Phi) is 3.87. The van der Waals surface area contributed by atoms with E-state index in [4.69, 9.17) is 16.3 Å². The lowest BCUT2D eigenvalue weighted by Crippen LogP contribution is -2.21. The van der Waals surface area contributed by atoms with Gasteiger partial charge in [-0.3, -0.25) is 4.79 Å². The highest BCUT2D eigenvalue weighted by atomic mass is 35.5. The fraction of sp³-hybridized carbons (Fsp3) is 0.462. The quantitative estimate of drug-likeness (QED) is 0.861. The van der Waals surface area contributed by atoms with Crippen molar-refractivity contribution in [3.63, 3.8) is 0 Å². The van der Waals surface area contributed by atoms with Crippen molar-refractivity contribution in [2.45, 2.75) is 25.2 Å². The number of carbonyl (C=O) groups excluding carboxylic acids is 1. The summed E-state index contributed by atoms with van der Waals surface area (Å²) in [6.07, 6.45) is 0.0118. The smallest absolute Gasteiger partial charge is 0.179 e. The first-order chi connectivity index (χ1) is 8.81. The van der Waals surface area contributed by atoms with E-state index in [1.54, 1.807) is 0 Å². The molecule has 1 aromatic rings. The fourth-order valence-corrected chi connectivity index (χ4v) is 3.54. The van der Waals surface area contributed by atoms with Crippen molar-refractivity contribution in [1.82, 2.24) is 0 Å². The van der Waals surface area contributed by atoms with Crippen LogP contribution in [0.2, 0.25) is 5.02 Å². The molecule has 0 amide bonds. The Balaban J connectivity index is 2.48. The summed E-state index contributed by atoms with van der Waals surface area (Å²) in [6, 6.07) is 2.76. The highest BCUT2D eigenvalue weighted by Gasteiger charge is 2.30. The molecule has 1 aliphatic rings. The Hall–Kier alpha value is -1.07. The van der Waals surface area contributed by atoms with Gasteiger partial charge in [-0.15, -0.1) is 0 Å². The molecule has 0 N–H and O–H groups in total. The average molecular weight is 303 g/mol. The molecule has 1 aromatic carbocycles. The second kappa shape index (κ2) is 5.13. The van der Waals surface area contributed by atoms with Gasteiger partial charge in [0.05, 0.1) is 22.3 Å². The highest BCUT2D eigenvalue weighted by Crippen LogP contribution is 2.34. The molecule has 0 aromatic heterocycles. The summed E-state index contributed by atoms with van der Waals surface area (Å²) in [5.74, 6) is 0.268. The lowest BCUT2D eigenvalue weighted by atomic mass is 10.1. The van der Waals surface area contributed by atoms with Gasteiger partial charge in [-0.2, -0.15) is 0 Å². The van der Waals surface area contributed by atoms with Crippen LogP contribution >= 0.6 is 11.6 Å². The number of fused-ring (bicyclic) bond motifs is 1. The SMILES string of the molecule is CC(C)COc1cc2c(cc1Cl)C(=O)CCS2(=O)=O. The Morgan fingerprint density at radius 1 is 1.37 bits per heavy atom. The molecular weight excluding hydrogens is 288 g/mol. The normalized spacial score (nSPS) is 17.4. The first kappa shape index (κ1) is 14.3. The van der Waals surface area contributed by atoms with E-state index in [1.807, 2.05) is 13.8 Å². The summed E-state index contributed by atoms with van der Waals surface area (Å²) < 4.78 is 29.4. The molecule has 1 heterocycles. The Bertz CT molecular complexity index is 620. The zero-order chi connectivity index (χ0) is 14.2. The van der Waals surface area contributed by atoms with Crippen LogP contribution in [0.5, 0.6) is 5.75 Å². The maximum Gasteiger partial charge on any atom is 0.179 e. The zero-order valence-corrected chi connectivity index (χ0v) is 12.3. The maximum absolute atomic E-state index is 12.0. The highest BCUT2D eigenvalue weighted by molar-refractivity contribution is 7.91. The number of hydrogen-bond donors (Lipinski definition) is 0. The van der Waals surface area contributed by atoms with Crippen molar-refractivity contribution in [2.75, 3.05) is 12.4 Å². The number of benzene rings is 1. The second-order valence-corrected chi connectivity index (χ2v) is 7.46. The van der Waals surface area contributed by atoms with Crippen LogP contribution in [0.1, 0.15) is 30.6 Å². The van der Waals surface area contributed by atoms with Crippen LogP contribution in [-0.2, 0) is 9.84 Å². The molecule has 19 heavy (non-hydrogen) atoms. The molecule has 1 aliphatic heterocycles. The van der Waals surface area contributed by atoms with Crippen LogP contribution < -0.4 is 4.74 Å². The zero-order valence-electron chi connectivity index (χ0n) is 10.8. The van der Waals surface area contributed by atoms with Gasteiger partial charge in [0, 0.05) is 18.1 Å². The van der Waals surface area contributed by atoms with Crippen molar-refractivity contribution in [3.8, 4) is 5.75 Å². The van der Waals surface area contributed by atoms with Gasteiger partial charge in [0.15, 0.2) is 15.6 Å². The molecule has 0 fully saturated rings. The number of ether oxygens (including phenoxy) is 1. The molecule has 0 atom stereocenters. The summed E-state index contributed by atoms with van der Waals surface area (Å²) >= 11 is 6.03. The van der Waals surface area contributed by atoms with Gasteiger partial charge in [0.2, 0.25) is 0 Å². The molecule has 0 unspecified atom stereocenters. The summed E-state index contributed by atoms with van der Waals surface area (Å²) in [7, 11) is -3.41. The van der Waals surface area contributed by atoms with Crippen molar-refractivity contribution in [3.05, 3.63) is 22.7 Å². The standard InChI is InChI=1S/C13H15ClO4S/c1-8(2)7-18-12-6-13-9(5-10(12)14)11(15)3-4-19(13,16)17/h5-6,8H,3-4,7H2,1-2H3. The summed E-state index contributed by atoms with van der Waals surface area (Å²) in [6.45, 7) is 4.39. The molecule has 0 saturated heterocycles. The number of hydrogen-bond acceptors (Lipinski definition) is 4. The molecule has 0 aliphatic carbocycles. The molecule has 6 heteroatoms. The molecular formula is C13H15ClO4S. The van der Waals surface area contributed by atoms with Gasteiger partial charge in [-0.05, 0) is 12.0 Å². The minimum Gasteiger partial charge on any atom is -0.492 e. The van der Waals surface area contributed by atoms with Crippen LogP contribution in [0.25, 0.3) is 0 Å². The van der Waals surface area contributed by atoms with E-state index in [2.05, 4.69) is 0 Å². The number of ketones is 1. The van der Waals surface area contributed by atoms with Crippen LogP contribution in [0.4, 0.5) is 0 Å². The number of carbonyl (C=O) groups is 1. The topological polar surface area (TPSA) is 60.4 Å². The summed E-state index contributed by atoms with van der Waals surface area (Å²) in [5.41, 5.74) is 0.174. The van der Waals surface area contributed by atoms with E-state index in [0.29, 0.717) is 18.3 Å². The number of halogens is 1. The minimum absolute atomic E-state index is 0.0118. The Morgan fingerprint density at radius 3 is 2.68 bits per heavy atom. The van der Waals surface area contributed by atoms with Gasteiger partial charge in [-0.1, -0.05) is 25.4 Å². The van der Waals surface area contributed by atoms with Crippen LogP contribution in [0.3, 0.4) is 0 Å². The fourth-order valence-electron chi connectivity index (χ4n) is 1.85. The van der Waals surface area contributed by atoms with Crippen molar-refractivity contribution < 1.29 is 17.9 Å². The maximum atomic E-state index is 12.0. The number of sulfone groups is 1. The van der Waals surface area contributed by atoms with E-state index >= 15 is 0 Å². The van der Waals surface area contributed by atoms with Crippen LogP contribution in [-0.4, -0.2) is 26.6 Å². The van der Waals surface area contributed by atoms with E-state index in [9.17, 15) is 13.2 Å². The van der Waals surface area contributed by atoms with E-state index < -0.39 is 9.84 Å². The largest absolute Gasteiger partial charge is 0.492 e. The Labute approximate surface area is 117 Å². The number of rotatable bonds is 3. The third-order valence-corrected chi connectivity index (χ3v) is 4.88. The monoisotopic (exact) mass is 302 g/mol. The number of Topliss-reactive ketones (excluding diaryl/α,β-unsaturated/α-hetero) is 1. The minimum atomic E-state index is -3.41. The molecule has 0 saturated carbocycles. The molecule has 104 valence electrons. The molecule has 0 bridgehead atoms. The van der Waals surface area contributed by atoms with Crippen molar-refractivity contribution >= 4 is 27.2 Å². The predicted molar refractivity (Wildman–Crippen MR) is 72.8 cm³/mol. The lowest BCUT2D eigenvalue weighted by Gasteiger charge is -2.18. The van der Waals surface area contributed by atoms with E-state index in [-0.39, 0.29) is 33.4 Å². The predicted octanol–water partition coefficient (Wildman–Crippen LogP) is 2.73. The first-order valence-corrected chi connectivity index (χ1v) is 8.06. The Morgan fingerprint density at radius 2 is 2.05 bits per heavy atom. The second-order valence-electron chi connectivity index (χ2n) is 4.98. The lowest BCUT2D eigenvalue weighted by molar-refractivity contribution is 0.0983. The van der Waals surface area contributed by atoms with Gasteiger partial charge in [0.1, 0.15) is 5.75 Å². The van der Waals surface area contributed by atoms with E-state index in [0.717, 1.165) is 0 Å². The van der Waals surface area contributed by atoms with Crippen molar-refractivity contribution in [2.24, 2.45) is 5.92 Å². The van der Waals surface area contributed by atoms with Gasteiger partial charge in [-0.25, -0.2) is 8.42 Å². The van der Waals surface area contributed by atoms with Gasteiger partial charge >= 0.3 is 0 Å². The first-order valence-electron chi connectivity index (χ1n) is 6.03.